The highest BCUT2D eigenvalue weighted by Gasteiger charge is 2.05. The van der Waals surface area contributed by atoms with Gasteiger partial charge >= 0.3 is 0 Å². The molecule has 0 saturated carbocycles. The van der Waals surface area contributed by atoms with E-state index in [1.807, 2.05) is 26.1 Å². The topological polar surface area (TPSA) is 50.4 Å². The Balaban J connectivity index is 3.03. The van der Waals surface area contributed by atoms with Crippen LogP contribution in [0.2, 0.25) is 0 Å². The molecule has 3 N–H and O–H groups in total. The number of nitrogens with zero attached hydrogens (tertiary/aromatic N) is 1. The molecule has 1 atom stereocenters. The molecule has 3 heteroatoms. The minimum atomic E-state index is 0.331. The predicted octanol–water partition coefficient (Wildman–Crippen LogP) is 3.07. The van der Waals surface area contributed by atoms with Crippen molar-refractivity contribution in [2.75, 3.05) is 12.4 Å². The van der Waals surface area contributed by atoms with Gasteiger partial charge in [0.2, 0.25) is 0 Å². The molecule has 0 saturated heterocycles. The van der Waals surface area contributed by atoms with Gasteiger partial charge in [0.25, 0.3) is 0 Å². The van der Waals surface area contributed by atoms with E-state index in [-0.39, 0.29) is 0 Å². The number of amidine groups is 1. The number of aryl methyl sites for hydroxylation is 1. The summed E-state index contributed by atoms with van der Waals surface area (Å²) in [5.41, 5.74) is 9.10. The fourth-order valence-corrected chi connectivity index (χ4v) is 1.34. The molecule has 1 rings (SSSR count). The number of rotatable bonds is 4. The predicted molar refractivity (Wildman–Crippen MR) is 71.5 cm³/mol. The van der Waals surface area contributed by atoms with E-state index in [0.717, 1.165) is 23.4 Å². The Morgan fingerprint density at radius 2 is 2.19 bits per heavy atom. The van der Waals surface area contributed by atoms with E-state index in [0.29, 0.717) is 11.8 Å². The van der Waals surface area contributed by atoms with Crippen LogP contribution in [0.4, 0.5) is 11.4 Å². The van der Waals surface area contributed by atoms with Crippen molar-refractivity contribution in [1.29, 1.82) is 0 Å². The molecule has 0 aliphatic rings. The quantitative estimate of drug-likeness (QED) is 0.604. The lowest BCUT2D eigenvalue weighted by atomic mass is 10.1. The lowest BCUT2D eigenvalue weighted by Gasteiger charge is -2.09. The van der Waals surface area contributed by atoms with E-state index in [2.05, 4.69) is 30.2 Å². The highest BCUT2D eigenvalue weighted by molar-refractivity contribution is 5.85. The van der Waals surface area contributed by atoms with Gasteiger partial charge in [-0.1, -0.05) is 19.9 Å². The maximum atomic E-state index is 5.95. The van der Waals surface area contributed by atoms with Crippen LogP contribution in [0, 0.1) is 12.8 Å². The summed E-state index contributed by atoms with van der Waals surface area (Å²) in [6, 6.07) is 6.10. The van der Waals surface area contributed by atoms with Crippen molar-refractivity contribution >= 4 is 17.2 Å². The highest BCUT2D eigenvalue weighted by Crippen LogP contribution is 2.23. The first-order valence-corrected chi connectivity index (χ1v) is 5.71. The van der Waals surface area contributed by atoms with Gasteiger partial charge in [-0.15, -0.1) is 0 Å². The van der Waals surface area contributed by atoms with E-state index in [1.54, 1.807) is 0 Å². The SMILES string of the molecule is CC[C@H](C)C(N)=Nc1cc(NC)ccc1C. The van der Waals surface area contributed by atoms with Crippen LogP contribution < -0.4 is 11.1 Å². The third kappa shape index (κ3) is 2.99. The molecule has 0 bridgehead atoms. The first-order valence-electron chi connectivity index (χ1n) is 5.71. The van der Waals surface area contributed by atoms with Gasteiger partial charge < -0.3 is 11.1 Å². The summed E-state index contributed by atoms with van der Waals surface area (Å²) in [5, 5.41) is 3.10. The van der Waals surface area contributed by atoms with Crippen LogP contribution in [0.1, 0.15) is 25.8 Å². The average molecular weight is 219 g/mol. The van der Waals surface area contributed by atoms with Crippen molar-refractivity contribution < 1.29 is 0 Å². The summed E-state index contributed by atoms with van der Waals surface area (Å²) < 4.78 is 0. The molecule has 1 aromatic rings. The molecule has 0 unspecified atom stereocenters. The summed E-state index contributed by atoms with van der Waals surface area (Å²) >= 11 is 0. The Bertz CT molecular complexity index is 383. The van der Waals surface area contributed by atoms with Crippen LogP contribution in [0.3, 0.4) is 0 Å². The molecular formula is C13H21N3. The van der Waals surface area contributed by atoms with Gasteiger partial charge in [-0.3, -0.25) is 0 Å². The molecule has 0 heterocycles. The number of benzene rings is 1. The number of hydrogen-bond acceptors (Lipinski definition) is 2. The zero-order chi connectivity index (χ0) is 12.1. The zero-order valence-electron chi connectivity index (χ0n) is 10.5. The Morgan fingerprint density at radius 1 is 1.50 bits per heavy atom. The van der Waals surface area contributed by atoms with Gasteiger partial charge in [0.1, 0.15) is 5.84 Å². The molecule has 1 aromatic carbocycles. The van der Waals surface area contributed by atoms with Crippen molar-refractivity contribution in [2.24, 2.45) is 16.6 Å². The zero-order valence-corrected chi connectivity index (χ0v) is 10.5. The van der Waals surface area contributed by atoms with Crippen molar-refractivity contribution in [3.05, 3.63) is 23.8 Å². The summed E-state index contributed by atoms with van der Waals surface area (Å²) in [6.07, 6.45) is 1.01. The average Bonchev–Trinajstić information content (AvgIpc) is 2.30. The monoisotopic (exact) mass is 219 g/mol. The molecule has 0 fully saturated rings. The number of anilines is 1. The minimum Gasteiger partial charge on any atom is -0.388 e. The maximum Gasteiger partial charge on any atom is 0.102 e. The van der Waals surface area contributed by atoms with Gasteiger partial charge in [-0.25, -0.2) is 4.99 Å². The van der Waals surface area contributed by atoms with E-state index in [9.17, 15) is 0 Å². The van der Waals surface area contributed by atoms with E-state index >= 15 is 0 Å². The largest absolute Gasteiger partial charge is 0.388 e. The number of hydrogen-bond donors (Lipinski definition) is 2. The summed E-state index contributed by atoms with van der Waals surface area (Å²) in [5.74, 6) is 1.04. The Morgan fingerprint density at radius 3 is 2.75 bits per heavy atom. The third-order valence-electron chi connectivity index (χ3n) is 2.86. The van der Waals surface area contributed by atoms with Crippen molar-refractivity contribution in [3.63, 3.8) is 0 Å². The molecule has 0 aromatic heterocycles. The molecule has 0 spiro atoms. The van der Waals surface area contributed by atoms with E-state index < -0.39 is 0 Å². The normalized spacial score (nSPS) is 13.6. The second kappa shape index (κ2) is 5.54. The molecule has 88 valence electrons. The lowest BCUT2D eigenvalue weighted by molar-refractivity contribution is 0.732. The van der Waals surface area contributed by atoms with Gasteiger partial charge in [0, 0.05) is 18.7 Å². The van der Waals surface area contributed by atoms with Crippen LogP contribution in [-0.4, -0.2) is 12.9 Å². The van der Waals surface area contributed by atoms with Crippen molar-refractivity contribution in [3.8, 4) is 0 Å². The van der Waals surface area contributed by atoms with E-state index in [1.165, 1.54) is 0 Å². The summed E-state index contributed by atoms with van der Waals surface area (Å²) in [7, 11) is 1.90. The Kier molecular flexibility index (Phi) is 4.35. The van der Waals surface area contributed by atoms with Gasteiger partial charge in [0.05, 0.1) is 5.69 Å². The van der Waals surface area contributed by atoms with Crippen LogP contribution in [0.25, 0.3) is 0 Å². The molecule has 0 aliphatic carbocycles. The molecule has 16 heavy (non-hydrogen) atoms. The first kappa shape index (κ1) is 12.6. The lowest BCUT2D eigenvalue weighted by Crippen LogP contribution is -2.20. The second-order valence-corrected chi connectivity index (χ2v) is 4.10. The third-order valence-corrected chi connectivity index (χ3v) is 2.86. The Hall–Kier alpha value is -1.51. The van der Waals surface area contributed by atoms with Crippen LogP contribution in [0.5, 0.6) is 0 Å². The van der Waals surface area contributed by atoms with Crippen molar-refractivity contribution in [2.45, 2.75) is 27.2 Å². The molecule has 0 amide bonds. The van der Waals surface area contributed by atoms with Crippen LogP contribution in [0.15, 0.2) is 23.2 Å². The van der Waals surface area contributed by atoms with Crippen molar-refractivity contribution in [1.82, 2.24) is 0 Å². The smallest absolute Gasteiger partial charge is 0.102 e. The molecule has 0 aliphatic heterocycles. The van der Waals surface area contributed by atoms with Gasteiger partial charge in [-0.2, -0.15) is 0 Å². The molecular weight excluding hydrogens is 198 g/mol. The van der Waals surface area contributed by atoms with Crippen LogP contribution >= 0.6 is 0 Å². The number of nitrogens with two attached hydrogens (primary N) is 1. The molecule has 3 nitrogen and oxygen atoms in total. The standard InChI is InChI=1S/C13H21N3/c1-5-9(2)13(14)16-12-8-11(15-4)7-6-10(12)3/h6-9,15H,5H2,1-4H3,(H2,14,16)/t9-/m0/s1. The minimum absolute atomic E-state index is 0.331. The molecule has 0 radical (unpaired) electrons. The first-order chi connectivity index (χ1) is 7.58. The summed E-state index contributed by atoms with van der Waals surface area (Å²) in [6.45, 7) is 6.25. The summed E-state index contributed by atoms with van der Waals surface area (Å²) in [4.78, 5) is 4.49. The van der Waals surface area contributed by atoms with Crippen LogP contribution in [-0.2, 0) is 0 Å². The highest BCUT2D eigenvalue weighted by atomic mass is 14.9. The second-order valence-electron chi connectivity index (χ2n) is 4.10. The van der Waals surface area contributed by atoms with Gasteiger partial charge in [0.15, 0.2) is 0 Å². The number of nitrogens with one attached hydrogen (secondary N) is 1. The van der Waals surface area contributed by atoms with Gasteiger partial charge in [-0.05, 0) is 31.0 Å². The maximum absolute atomic E-state index is 5.95. The number of aliphatic imine (C=N–C) groups is 1. The van der Waals surface area contributed by atoms with E-state index in [4.69, 9.17) is 5.73 Å². The fourth-order valence-electron chi connectivity index (χ4n) is 1.34. The fraction of sp³-hybridized carbons (Fsp3) is 0.462. The Labute approximate surface area is 97.8 Å².